The zero-order chi connectivity index (χ0) is 20.3. The number of carboxylic acids is 1. The number of hydrogen-bond donors (Lipinski definition) is 1. The Bertz CT molecular complexity index is 981. The Morgan fingerprint density at radius 3 is 2.14 bits per heavy atom. The van der Waals surface area contributed by atoms with Crippen molar-refractivity contribution in [3.63, 3.8) is 0 Å². The third-order valence-corrected chi connectivity index (χ3v) is 4.40. The standard InChI is InChI=1S/C21H19NO6/c1-26-17-10-13(11-18(27-2)20(17)28-3)19(23)15-9-12(16-5-4-8-22-16)6-7-14(15)21(24)25/h4,6-11H,5H2,1-3H3,(H,24,25). The molecule has 0 fully saturated rings. The van der Waals surface area contributed by atoms with Crippen molar-refractivity contribution in [3.8, 4) is 17.2 Å². The number of hydrogen-bond acceptors (Lipinski definition) is 6. The van der Waals surface area contributed by atoms with Crippen molar-refractivity contribution in [3.05, 3.63) is 64.9 Å². The van der Waals surface area contributed by atoms with Gasteiger partial charge in [-0.25, -0.2) is 4.79 Å². The molecule has 1 N–H and O–H groups in total. The van der Waals surface area contributed by atoms with E-state index in [0.29, 0.717) is 29.2 Å². The number of aliphatic imine (C=N–C) groups is 1. The molecule has 0 aliphatic carbocycles. The first kappa shape index (κ1) is 19.2. The van der Waals surface area contributed by atoms with Crippen molar-refractivity contribution < 1.29 is 28.9 Å². The number of methoxy groups -OCH3 is 3. The van der Waals surface area contributed by atoms with E-state index in [0.717, 1.165) is 5.71 Å². The third-order valence-electron chi connectivity index (χ3n) is 4.40. The fourth-order valence-electron chi connectivity index (χ4n) is 3.02. The number of carboxylic acid groups (broad SMARTS) is 1. The molecule has 0 amide bonds. The average Bonchev–Trinajstić information content (AvgIpc) is 3.26. The Hall–Kier alpha value is -3.61. The van der Waals surface area contributed by atoms with Crippen LogP contribution in [-0.4, -0.2) is 43.9 Å². The van der Waals surface area contributed by atoms with Crippen LogP contribution in [0.4, 0.5) is 0 Å². The topological polar surface area (TPSA) is 94.4 Å². The van der Waals surface area contributed by atoms with E-state index in [1.165, 1.54) is 39.5 Å². The number of nitrogens with zero attached hydrogens (tertiary/aromatic N) is 1. The molecule has 0 saturated carbocycles. The highest BCUT2D eigenvalue weighted by Gasteiger charge is 2.23. The van der Waals surface area contributed by atoms with Gasteiger partial charge in [0.1, 0.15) is 0 Å². The largest absolute Gasteiger partial charge is 0.493 e. The van der Waals surface area contributed by atoms with Gasteiger partial charge in [0.15, 0.2) is 17.3 Å². The molecule has 1 heterocycles. The van der Waals surface area contributed by atoms with Gasteiger partial charge in [0, 0.05) is 23.7 Å². The summed E-state index contributed by atoms with van der Waals surface area (Å²) < 4.78 is 15.8. The first-order chi connectivity index (χ1) is 13.5. The van der Waals surface area contributed by atoms with Crippen molar-refractivity contribution in [2.24, 2.45) is 4.99 Å². The summed E-state index contributed by atoms with van der Waals surface area (Å²) in [6.07, 6.45) is 4.20. The molecular formula is C21H19NO6. The van der Waals surface area contributed by atoms with Gasteiger partial charge in [0.25, 0.3) is 0 Å². The van der Waals surface area contributed by atoms with Crippen molar-refractivity contribution in [2.45, 2.75) is 6.42 Å². The summed E-state index contributed by atoms with van der Waals surface area (Å²) in [5.41, 5.74) is 1.67. The molecule has 0 bridgehead atoms. The number of ketones is 1. The van der Waals surface area contributed by atoms with Gasteiger partial charge < -0.3 is 19.3 Å². The lowest BCUT2D eigenvalue weighted by molar-refractivity contribution is 0.0693. The summed E-state index contributed by atoms with van der Waals surface area (Å²) in [4.78, 5) is 29.1. The van der Waals surface area contributed by atoms with Crippen LogP contribution < -0.4 is 14.2 Å². The van der Waals surface area contributed by atoms with Crippen LogP contribution in [0.1, 0.15) is 38.3 Å². The lowest BCUT2D eigenvalue weighted by atomic mass is 9.94. The molecule has 0 saturated heterocycles. The van der Waals surface area contributed by atoms with Crippen LogP contribution in [0.15, 0.2) is 47.6 Å². The maximum absolute atomic E-state index is 13.2. The van der Waals surface area contributed by atoms with Crippen molar-refractivity contribution >= 4 is 17.5 Å². The summed E-state index contributed by atoms with van der Waals surface area (Å²) >= 11 is 0. The fraction of sp³-hybridized carbons (Fsp3) is 0.190. The van der Waals surface area contributed by atoms with E-state index in [1.807, 2.05) is 6.08 Å². The van der Waals surface area contributed by atoms with Crippen molar-refractivity contribution in [1.29, 1.82) is 0 Å². The number of benzene rings is 2. The van der Waals surface area contributed by atoms with E-state index in [4.69, 9.17) is 14.2 Å². The Labute approximate surface area is 161 Å². The highest BCUT2D eigenvalue weighted by Crippen LogP contribution is 2.39. The van der Waals surface area contributed by atoms with Crippen LogP contribution in [0, 0.1) is 0 Å². The van der Waals surface area contributed by atoms with Crippen LogP contribution in [0.25, 0.3) is 0 Å². The highest BCUT2D eigenvalue weighted by molar-refractivity contribution is 6.16. The quantitative estimate of drug-likeness (QED) is 0.739. The van der Waals surface area contributed by atoms with Crippen LogP contribution in [0.3, 0.4) is 0 Å². The molecule has 3 rings (SSSR count). The number of rotatable bonds is 7. The van der Waals surface area contributed by atoms with E-state index in [1.54, 1.807) is 18.3 Å². The zero-order valence-electron chi connectivity index (χ0n) is 15.7. The van der Waals surface area contributed by atoms with E-state index in [2.05, 4.69) is 4.99 Å². The molecule has 1 aliphatic rings. The molecular weight excluding hydrogens is 362 g/mol. The van der Waals surface area contributed by atoms with Gasteiger partial charge in [-0.1, -0.05) is 12.1 Å². The summed E-state index contributed by atoms with van der Waals surface area (Å²) in [7, 11) is 4.35. The van der Waals surface area contributed by atoms with E-state index < -0.39 is 11.8 Å². The highest BCUT2D eigenvalue weighted by atomic mass is 16.5. The molecule has 1 aliphatic heterocycles. The average molecular weight is 381 g/mol. The molecule has 0 atom stereocenters. The number of allylic oxidation sites excluding steroid dienone is 1. The Morgan fingerprint density at radius 2 is 1.64 bits per heavy atom. The lowest BCUT2D eigenvalue weighted by Gasteiger charge is -2.14. The molecule has 7 nitrogen and oxygen atoms in total. The normalized spacial score (nSPS) is 12.5. The minimum Gasteiger partial charge on any atom is -0.493 e. The summed E-state index contributed by atoms with van der Waals surface area (Å²) in [5, 5.41) is 9.54. The van der Waals surface area contributed by atoms with E-state index in [9.17, 15) is 14.7 Å². The van der Waals surface area contributed by atoms with Gasteiger partial charge in [-0.3, -0.25) is 9.79 Å². The minimum atomic E-state index is -1.19. The van der Waals surface area contributed by atoms with Gasteiger partial charge in [0.05, 0.1) is 32.6 Å². The second kappa shape index (κ2) is 7.96. The third kappa shape index (κ3) is 3.46. The van der Waals surface area contributed by atoms with Crippen molar-refractivity contribution in [2.75, 3.05) is 21.3 Å². The molecule has 7 heteroatoms. The predicted molar refractivity (Wildman–Crippen MR) is 103 cm³/mol. The molecule has 144 valence electrons. The van der Waals surface area contributed by atoms with Gasteiger partial charge >= 0.3 is 5.97 Å². The minimum absolute atomic E-state index is 0.0638. The molecule has 28 heavy (non-hydrogen) atoms. The molecule has 0 spiro atoms. The Morgan fingerprint density at radius 1 is 0.964 bits per heavy atom. The molecule has 2 aromatic rings. The Kier molecular flexibility index (Phi) is 5.44. The van der Waals surface area contributed by atoms with E-state index >= 15 is 0 Å². The molecule has 2 aromatic carbocycles. The second-order valence-electron chi connectivity index (χ2n) is 5.97. The van der Waals surface area contributed by atoms with Crippen LogP contribution in [0.5, 0.6) is 17.2 Å². The summed E-state index contributed by atoms with van der Waals surface area (Å²) in [6, 6.07) is 7.62. The van der Waals surface area contributed by atoms with Crippen LogP contribution in [0.2, 0.25) is 0 Å². The number of carbonyl (C=O) groups excluding carboxylic acids is 1. The number of ether oxygens (including phenoxy) is 3. The summed E-state index contributed by atoms with van der Waals surface area (Å²) in [5.74, 6) is -0.691. The van der Waals surface area contributed by atoms with Crippen LogP contribution in [-0.2, 0) is 0 Å². The van der Waals surface area contributed by atoms with Crippen molar-refractivity contribution in [1.82, 2.24) is 0 Å². The SMILES string of the molecule is COc1cc(C(=O)c2cc(C3=NC=CC3)ccc2C(=O)O)cc(OC)c1OC. The molecule has 0 unspecified atom stereocenters. The van der Waals surface area contributed by atoms with Gasteiger partial charge in [0.2, 0.25) is 5.75 Å². The zero-order valence-corrected chi connectivity index (χ0v) is 15.7. The molecule has 0 radical (unpaired) electrons. The van der Waals surface area contributed by atoms with Gasteiger partial charge in [-0.05, 0) is 29.8 Å². The maximum Gasteiger partial charge on any atom is 0.336 e. The Balaban J connectivity index is 2.13. The first-order valence-electron chi connectivity index (χ1n) is 8.44. The van der Waals surface area contributed by atoms with Gasteiger partial charge in [-0.2, -0.15) is 0 Å². The smallest absolute Gasteiger partial charge is 0.336 e. The van der Waals surface area contributed by atoms with Crippen LogP contribution >= 0.6 is 0 Å². The number of aromatic carboxylic acids is 1. The number of carbonyl (C=O) groups is 2. The van der Waals surface area contributed by atoms with E-state index in [-0.39, 0.29) is 16.7 Å². The maximum atomic E-state index is 13.2. The summed E-state index contributed by atoms with van der Waals surface area (Å²) in [6.45, 7) is 0. The molecule has 0 aromatic heterocycles. The lowest BCUT2D eigenvalue weighted by Crippen LogP contribution is -2.12. The second-order valence-corrected chi connectivity index (χ2v) is 5.97. The monoisotopic (exact) mass is 381 g/mol. The fourth-order valence-corrected chi connectivity index (χ4v) is 3.02. The van der Waals surface area contributed by atoms with Gasteiger partial charge in [-0.15, -0.1) is 0 Å². The predicted octanol–water partition coefficient (Wildman–Crippen LogP) is 3.35. The first-order valence-corrected chi connectivity index (χ1v) is 8.44.